The third kappa shape index (κ3) is 3.11. The van der Waals surface area contributed by atoms with E-state index in [0.29, 0.717) is 0 Å². The Morgan fingerprint density at radius 3 is 2.44 bits per heavy atom. The summed E-state index contributed by atoms with van der Waals surface area (Å²) in [5, 5.41) is 0.729. The number of nitrogens with zero attached hydrogens (tertiary/aromatic N) is 2. The fourth-order valence-corrected chi connectivity index (χ4v) is 1.82. The van der Waals surface area contributed by atoms with E-state index in [2.05, 4.69) is 4.99 Å². The highest BCUT2D eigenvalue weighted by Crippen LogP contribution is 2.20. The number of halogens is 1. The molecule has 18 heavy (non-hydrogen) atoms. The highest BCUT2D eigenvalue weighted by molar-refractivity contribution is 6.30. The molecule has 0 spiro atoms. The lowest BCUT2D eigenvalue weighted by atomic mass is 10.3. The first-order valence-corrected chi connectivity index (χ1v) is 6.14. The average Bonchev–Trinajstić information content (AvgIpc) is 2.39. The summed E-state index contributed by atoms with van der Waals surface area (Å²) in [4.78, 5) is 6.58. The summed E-state index contributed by atoms with van der Waals surface area (Å²) in [5.41, 5.74) is 1.98. The highest BCUT2D eigenvalue weighted by Gasteiger charge is 2.04. The van der Waals surface area contributed by atoms with Crippen LogP contribution in [0.3, 0.4) is 0 Å². The Kier molecular flexibility index (Phi) is 4.00. The number of hydrogen-bond acceptors (Lipinski definition) is 1. The van der Waals surface area contributed by atoms with Crippen molar-refractivity contribution in [3.63, 3.8) is 0 Å². The summed E-state index contributed by atoms with van der Waals surface area (Å²) in [6, 6.07) is 17.6. The Morgan fingerprint density at radius 2 is 1.78 bits per heavy atom. The number of rotatable bonds is 2. The van der Waals surface area contributed by atoms with Crippen LogP contribution in [0.15, 0.2) is 59.6 Å². The van der Waals surface area contributed by atoms with Crippen LogP contribution < -0.4 is 4.90 Å². The number of amidine groups is 1. The quantitative estimate of drug-likeness (QED) is 0.571. The third-order valence-corrected chi connectivity index (χ3v) is 2.96. The number of benzene rings is 2. The minimum absolute atomic E-state index is 0.729. The first-order chi connectivity index (χ1) is 8.66. The van der Waals surface area contributed by atoms with E-state index in [1.807, 2.05) is 73.5 Å². The topological polar surface area (TPSA) is 15.6 Å². The van der Waals surface area contributed by atoms with Crippen LogP contribution in [-0.4, -0.2) is 12.9 Å². The zero-order valence-corrected chi connectivity index (χ0v) is 11.2. The Bertz CT molecular complexity index is 549. The van der Waals surface area contributed by atoms with E-state index in [1.54, 1.807) is 0 Å². The van der Waals surface area contributed by atoms with Gasteiger partial charge in [0, 0.05) is 17.8 Å². The van der Waals surface area contributed by atoms with Crippen LogP contribution in [0.2, 0.25) is 5.02 Å². The number of para-hydroxylation sites is 1. The second kappa shape index (κ2) is 5.69. The predicted octanol–water partition coefficient (Wildman–Crippen LogP) is 4.53. The van der Waals surface area contributed by atoms with Gasteiger partial charge in [0.2, 0.25) is 0 Å². The van der Waals surface area contributed by atoms with Gasteiger partial charge in [-0.05, 0) is 37.3 Å². The molecule has 0 aliphatic heterocycles. The summed E-state index contributed by atoms with van der Waals surface area (Å²) in [5.74, 6) is 0.920. The summed E-state index contributed by atoms with van der Waals surface area (Å²) < 4.78 is 0. The summed E-state index contributed by atoms with van der Waals surface area (Å²) >= 11 is 5.99. The van der Waals surface area contributed by atoms with Gasteiger partial charge in [-0.15, -0.1) is 0 Å². The molecule has 0 bridgehead atoms. The predicted molar refractivity (Wildman–Crippen MR) is 79.1 cm³/mol. The largest absolute Gasteiger partial charge is 0.333 e. The maximum atomic E-state index is 5.99. The van der Waals surface area contributed by atoms with Gasteiger partial charge >= 0.3 is 0 Å². The fourth-order valence-electron chi connectivity index (χ4n) is 1.64. The van der Waals surface area contributed by atoms with Gasteiger partial charge in [-0.25, -0.2) is 4.99 Å². The number of aliphatic imine (C=N–C) groups is 1. The van der Waals surface area contributed by atoms with Gasteiger partial charge in [0.15, 0.2) is 0 Å². The molecule has 2 aromatic rings. The molecule has 0 aromatic heterocycles. The molecular weight excluding hydrogens is 244 g/mol. The first kappa shape index (κ1) is 12.7. The van der Waals surface area contributed by atoms with Crippen molar-refractivity contribution in [3.05, 3.63) is 59.6 Å². The average molecular weight is 259 g/mol. The summed E-state index contributed by atoms with van der Waals surface area (Å²) in [6.07, 6.45) is 0. The molecule has 0 aliphatic rings. The first-order valence-electron chi connectivity index (χ1n) is 5.76. The van der Waals surface area contributed by atoms with Crippen LogP contribution in [0.1, 0.15) is 6.92 Å². The standard InChI is InChI=1S/C15H15ClN2/c1-12(17-14-8-4-3-5-9-14)18(2)15-10-6-7-13(16)11-15/h3-11H,1-2H3. The van der Waals surface area contributed by atoms with E-state index < -0.39 is 0 Å². The second-order valence-electron chi connectivity index (χ2n) is 4.03. The monoisotopic (exact) mass is 258 g/mol. The molecule has 0 aliphatic carbocycles. The Balaban J connectivity index is 2.24. The van der Waals surface area contributed by atoms with Crippen molar-refractivity contribution in [2.45, 2.75) is 6.92 Å². The molecule has 3 heteroatoms. The number of anilines is 1. The van der Waals surface area contributed by atoms with E-state index >= 15 is 0 Å². The van der Waals surface area contributed by atoms with E-state index in [-0.39, 0.29) is 0 Å². The van der Waals surface area contributed by atoms with E-state index in [4.69, 9.17) is 11.6 Å². The maximum Gasteiger partial charge on any atom is 0.106 e. The molecular formula is C15H15ClN2. The normalized spacial score (nSPS) is 11.4. The molecule has 0 saturated carbocycles. The van der Waals surface area contributed by atoms with Crippen LogP contribution >= 0.6 is 11.6 Å². The second-order valence-corrected chi connectivity index (χ2v) is 4.47. The van der Waals surface area contributed by atoms with Crippen LogP contribution in [0.5, 0.6) is 0 Å². The molecule has 0 heterocycles. The van der Waals surface area contributed by atoms with Crippen LogP contribution in [0.25, 0.3) is 0 Å². The summed E-state index contributed by atoms with van der Waals surface area (Å²) in [7, 11) is 1.98. The van der Waals surface area contributed by atoms with Crippen molar-refractivity contribution < 1.29 is 0 Å². The van der Waals surface area contributed by atoms with Crippen molar-refractivity contribution >= 4 is 28.8 Å². The van der Waals surface area contributed by atoms with Crippen LogP contribution in [0, 0.1) is 0 Å². The van der Waals surface area contributed by atoms with Gasteiger partial charge in [-0.1, -0.05) is 35.9 Å². The van der Waals surface area contributed by atoms with Crippen LogP contribution in [-0.2, 0) is 0 Å². The van der Waals surface area contributed by atoms with E-state index in [0.717, 1.165) is 22.2 Å². The van der Waals surface area contributed by atoms with Gasteiger partial charge in [0.1, 0.15) is 5.84 Å². The molecule has 92 valence electrons. The van der Waals surface area contributed by atoms with Crippen molar-refractivity contribution in [3.8, 4) is 0 Å². The molecule has 0 N–H and O–H groups in total. The molecule has 0 fully saturated rings. The lowest BCUT2D eigenvalue weighted by Crippen LogP contribution is -2.23. The van der Waals surface area contributed by atoms with Crippen molar-refractivity contribution in [2.24, 2.45) is 4.99 Å². The Hall–Kier alpha value is -1.80. The molecule has 2 aromatic carbocycles. The zero-order chi connectivity index (χ0) is 13.0. The zero-order valence-electron chi connectivity index (χ0n) is 10.5. The highest BCUT2D eigenvalue weighted by atomic mass is 35.5. The molecule has 0 atom stereocenters. The maximum absolute atomic E-state index is 5.99. The molecule has 0 unspecified atom stereocenters. The molecule has 0 amide bonds. The van der Waals surface area contributed by atoms with Crippen LogP contribution in [0.4, 0.5) is 11.4 Å². The lowest BCUT2D eigenvalue weighted by Gasteiger charge is -2.19. The Morgan fingerprint density at radius 1 is 1.06 bits per heavy atom. The Labute approximate surface area is 113 Å². The molecule has 2 rings (SSSR count). The van der Waals surface area contributed by atoms with Gasteiger partial charge in [-0.2, -0.15) is 0 Å². The van der Waals surface area contributed by atoms with Gasteiger partial charge in [0.05, 0.1) is 5.69 Å². The molecule has 0 saturated heterocycles. The fraction of sp³-hybridized carbons (Fsp3) is 0.133. The van der Waals surface area contributed by atoms with E-state index in [9.17, 15) is 0 Å². The minimum Gasteiger partial charge on any atom is -0.333 e. The van der Waals surface area contributed by atoms with Gasteiger partial charge in [0.25, 0.3) is 0 Å². The molecule has 2 nitrogen and oxygen atoms in total. The smallest absolute Gasteiger partial charge is 0.106 e. The molecule has 0 radical (unpaired) electrons. The minimum atomic E-state index is 0.729. The van der Waals surface area contributed by atoms with Crippen molar-refractivity contribution in [1.29, 1.82) is 0 Å². The SMILES string of the molecule is CC(=Nc1ccccc1)N(C)c1cccc(Cl)c1. The lowest BCUT2D eigenvalue weighted by molar-refractivity contribution is 1.23. The van der Waals surface area contributed by atoms with E-state index in [1.165, 1.54) is 0 Å². The summed E-state index contributed by atoms with van der Waals surface area (Å²) in [6.45, 7) is 1.98. The van der Waals surface area contributed by atoms with Gasteiger partial charge in [-0.3, -0.25) is 0 Å². The van der Waals surface area contributed by atoms with Gasteiger partial charge < -0.3 is 4.90 Å². The number of hydrogen-bond donors (Lipinski definition) is 0. The third-order valence-electron chi connectivity index (χ3n) is 2.73. The van der Waals surface area contributed by atoms with Crippen molar-refractivity contribution in [2.75, 3.05) is 11.9 Å². The van der Waals surface area contributed by atoms with Crippen molar-refractivity contribution in [1.82, 2.24) is 0 Å².